The first-order valence-electron chi connectivity index (χ1n) is 9.01. The predicted octanol–water partition coefficient (Wildman–Crippen LogP) is 2.13. The van der Waals surface area contributed by atoms with Crippen molar-refractivity contribution in [1.29, 1.82) is 5.26 Å². The van der Waals surface area contributed by atoms with Gasteiger partial charge in [0.15, 0.2) is 13.1 Å². The van der Waals surface area contributed by atoms with E-state index >= 15 is 0 Å². The van der Waals surface area contributed by atoms with Crippen molar-refractivity contribution in [2.45, 2.75) is 37.6 Å². The van der Waals surface area contributed by atoms with Gasteiger partial charge >= 0.3 is 0 Å². The van der Waals surface area contributed by atoms with Crippen molar-refractivity contribution < 1.29 is 14.5 Å². The number of nitrogens with zero attached hydrogens (tertiary/aromatic N) is 2. The van der Waals surface area contributed by atoms with Gasteiger partial charge in [-0.15, -0.1) is 0 Å². The lowest BCUT2D eigenvalue weighted by molar-refractivity contribution is -0.862. The number of benzene rings is 1. The molecule has 0 aromatic heterocycles. The van der Waals surface area contributed by atoms with E-state index in [2.05, 4.69) is 11.4 Å². The fourth-order valence-corrected chi connectivity index (χ4v) is 3.69. The van der Waals surface area contributed by atoms with Gasteiger partial charge in [0.2, 0.25) is 0 Å². The van der Waals surface area contributed by atoms with Crippen LogP contribution < -0.4 is 10.2 Å². The van der Waals surface area contributed by atoms with Crippen LogP contribution in [0.5, 0.6) is 0 Å². The number of nitrogens with one attached hydrogen (secondary N) is 2. The number of nitriles is 1. The molecule has 2 rings (SSSR count). The molecule has 8 heteroatoms. The number of carbonyl (C=O) groups excluding carboxylic acids is 2. The minimum absolute atomic E-state index is 0.124. The second kappa shape index (κ2) is 9.41. The van der Waals surface area contributed by atoms with Crippen LogP contribution in [0.2, 0.25) is 10.0 Å². The minimum Gasteiger partial charge on any atom is -0.322 e. The lowest BCUT2D eigenvalue weighted by Gasteiger charge is -2.39. The van der Waals surface area contributed by atoms with Crippen molar-refractivity contribution in [3.8, 4) is 6.07 Å². The Balaban J connectivity index is 1.89. The first kappa shape index (κ1) is 21.5. The predicted molar refractivity (Wildman–Crippen MR) is 106 cm³/mol. The highest BCUT2D eigenvalue weighted by Crippen LogP contribution is 2.32. The van der Waals surface area contributed by atoms with E-state index in [1.165, 1.54) is 0 Å². The second-order valence-electron chi connectivity index (χ2n) is 7.14. The van der Waals surface area contributed by atoms with Crippen molar-refractivity contribution in [1.82, 2.24) is 4.90 Å². The van der Waals surface area contributed by atoms with Crippen LogP contribution in [0.15, 0.2) is 18.2 Å². The molecule has 1 saturated carbocycles. The molecule has 0 aliphatic heterocycles. The molecule has 1 unspecified atom stereocenters. The highest BCUT2D eigenvalue weighted by atomic mass is 35.5. The van der Waals surface area contributed by atoms with Crippen LogP contribution in [-0.2, 0) is 9.59 Å². The number of rotatable bonds is 6. The zero-order chi connectivity index (χ0) is 20.0. The van der Waals surface area contributed by atoms with E-state index in [1.807, 2.05) is 0 Å². The summed E-state index contributed by atoms with van der Waals surface area (Å²) < 4.78 is 0. The van der Waals surface area contributed by atoms with Crippen LogP contribution >= 0.6 is 23.2 Å². The number of amides is 2. The number of hydrogen-bond donors (Lipinski definition) is 2. The Hall–Kier alpha value is -1.81. The van der Waals surface area contributed by atoms with Crippen molar-refractivity contribution in [3.63, 3.8) is 0 Å². The smallest absolute Gasteiger partial charge is 0.279 e. The van der Waals surface area contributed by atoms with Crippen LogP contribution in [0.3, 0.4) is 0 Å². The summed E-state index contributed by atoms with van der Waals surface area (Å²) in [5, 5.41) is 13.1. The van der Waals surface area contributed by atoms with E-state index in [-0.39, 0.29) is 24.9 Å². The monoisotopic (exact) mass is 411 g/mol. The Morgan fingerprint density at radius 2 is 1.89 bits per heavy atom. The number of quaternary nitrogens is 1. The third kappa shape index (κ3) is 5.58. The molecule has 0 spiro atoms. The number of halogens is 2. The van der Waals surface area contributed by atoms with Crippen LogP contribution in [0.4, 0.5) is 5.69 Å². The summed E-state index contributed by atoms with van der Waals surface area (Å²) in [5.74, 6) is -0.354. The van der Waals surface area contributed by atoms with Crippen molar-refractivity contribution in [3.05, 3.63) is 28.2 Å². The van der Waals surface area contributed by atoms with Gasteiger partial charge in [-0.2, -0.15) is 5.26 Å². The molecule has 1 fully saturated rings. The molecule has 0 bridgehead atoms. The van der Waals surface area contributed by atoms with E-state index in [0.29, 0.717) is 28.6 Å². The number of anilines is 1. The maximum absolute atomic E-state index is 12.6. The molecule has 1 aromatic rings. The molecule has 27 heavy (non-hydrogen) atoms. The summed E-state index contributed by atoms with van der Waals surface area (Å²) in [4.78, 5) is 27.2. The van der Waals surface area contributed by atoms with E-state index in [4.69, 9.17) is 23.2 Å². The lowest BCUT2D eigenvalue weighted by atomic mass is 9.81. The van der Waals surface area contributed by atoms with Crippen LogP contribution in [-0.4, -0.2) is 49.4 Å². The van der Waals surface area contributed by atoms with Crippen LogP contribution in [0.1, 0.15) is 32.1 Å². The van der Waals surface area contributed by atoms with E-state index < -0.39 is 5.54 Å². The van der Waals surface area contributed by atoms with E-state index in [1.54, 1.807) is 37.2 Å². The molecule has 0 saturated heterocycles. The molecule has 2 N–H and O–H groups in total. The summed E-state index contributed by atoms with van der Waals surface area (Å²) in [6, 6.07) is 7.21. The van der Waals surface area contributed by atoms with Crippen LogP contribution in [0, 0.1) is 11.3 Å². The third-order valence-corrected chi connectivity index (χ3v) is 5.76. The van der Waals surface area contributed by atoms with Crippen LogP contribution in [0.25, 0.3) is 0 Å². The molecule has 1 aromatic carbocycles. The normalized spacial score (nSPS) is 16.9. The summed E-state index contributed by atoms with van der Waals surface area (Å²) in [6.45, 7) is 0.272. The van der Waals surface area contributed by atoms with Gasteiger partial charge < -0.3 is 15.1 Å². The molecule has 0 heterocycles. The van der Waals surface area contributed by atoms with Gasteiger partial charge in [-0.05, 0) is 31.0 Å². The minimum atomic E-state index is -0.710. The SMILES string of the molecule is CN(C(=O)C[NH+](C)CC(=O)Nc1ccc(Cl)c(Cl)c1)C1(C#N)CCCCC1. The third-order valence-electron chi connectivity index (χ3n) is 5.02. The number of hydrogen-bond acceptors (Lipinski definition) is 3. The van der Waals surface area contributed by atoms with E-state index in [0.717, 1.165) is 24.2 Å². The largest absolute Gasteiger partial charge is 0.322 e. The Morgan fingerprint density at radius 1 is 1.22 bits per heavy atom. The van der Waals surface area contributed by atoms with Gasteiger partial charge in [0, 0.05) is 12.7 Å². The molecule has 2 amide bonds. The first-order valence-corrected chi connectivity index (χ1v) is 9.77. The van der Waals surface area contributed by atoms with Gasteiger partial charge in [0.25, 0.3) is 11.8 Å². The maximum atomic E-state index is 12.6. The number of likely N-dealkylation sites (N-methyl/N-ethyl adjacent to an activating group) is 2. The van der Waals surface area contributed by atoms with Gasteiger partial charge in [0.1, 0.15) is 5.54 Å². The summed E-state index contributed by atoms with van der Waals surface area (Å²) >= 11 is 11.8. The molecule has 0 radical (unpaired) electrons. The van der Waals surface area contributed by atoms with Crippen molar-refractivity contribution in [2.75, 3.05) is 32.5 Å². The molecule has 1 aliphatic carbocycles. The van der Waals surface area contributed by atoms with E-state index in [9.17, 15) is 14.9 Å². The Bertz CT molecular complexity index is 742. The summed E-state index contributed by atoms with van der Waals surface area (Å²) in [6.07, 6.45) is 4.44. The molecular weight excluding hydrogens is 387 g/mol. The standard InChI is InChI=1S/C19H24Cl2N4O2/c1-24(11-17(26)23-14-6-7-15(20)16(21)10-14)12-18(27)25(2)19(13-22)8-4-3-5-9-19/h6-7,10H,3-5,8-9,11-12H2,1-2H3,(H,23,26)/p+1. The zero-order valence-corrected chi connectivity index (χ0v) is 17.2. The molecule has 1 aliphatic rings. The van der Waals surface area contributed by atoms with Gasteiger partial charge in [0.05, 0.1) is 23.2 Å². The average molecular weight is 412 g/mol. The number of carbonyl (C=O) groups is 2. The van der Waals surface area contributed by atoms with Gasteiger partial charge in [-0.3, -0.25) is 9.59 Å². The molecular formula is C19H25Cl2N4O2+. The average Bonchev–Trinajstić information content (AvgIpc) is 2.64. The van der Waals surface area contributed by atoms with Crippen molar-refractivity contribution in [2.24, 2.45) is 0 Å². The second-order valence-corrected chi connectivity index (χ2v) is 7.96. The lowest BCUT2D eigenvalue weighted by Crippen LogP contribution is -3.11. The Kier molecular flexibility index (Phi) is 7.49. The maximum Gasteiger partial charge on any atom is 0.279 e. The highest BCUT2D eigenvalue weighted by Gasteiger charge is 2.39. The van der Waals surface area contributed by atoms with Gasteiger partial charge in [-0.25, -0.2) is 0 Å². The quantitative estimate of drug-likeness (QED) is 0.752. The molecule has 1 atom stereocenters. The van der Waals surface area contributed by atoms with Gasteiger partial charge in [-0.1, -0.05) is 42.5 Å². The first-order chi connectivity index (χ1) is 12.8. The highest BCUT2D eigenvalue weighted by molar-refractivity contribution is 6.42. The summed E-state index contributed by atoms with van der Waals surface area (Å²) in [7, 11) is 3.47. The van der Waals surface area contributed by atoms with Crippen molar-refractivity contribution >= 4 is 40.7 Å². The topological polar surface area (TPSA) is 77.6 Å². The Morgan fingerprint density at radius 3 is 2.48 bits per heavy atom. The molecule has 6 nitrogen and oxygen atoms in total. The summed E-state index contributed by atoms with van der Waals surface area (Å²) in [5.41, 5.74) is -0.158. The zero-order valence-electron chi connectivity index (χ0n) is 15.6. The Labute approximate surface area is 170 Å². The fourth-order valence-electron chi connectivity index (χ4n) is 3.39. The molecule has 146 valence electrons. The fraction of sp³-hybridized carbons (Fsp3) is 0.526.